The standard InChI is InChI=1S/B2.4ClH/c1-2;;;;/h;4*1H. The molecule has 0 rings (SSSR count). The second kappa shape index (κ2) is 106. The third kappa shape index (κ3) is 58.5. The second-order valence-electron chi connectivity index (χ2n) is 0. The number of halogens is 4. The highest BCUT2D eigenvalue weighted by Crippen LogP contribution is 0.693. The van der Waals surface area contributed by atoms with Crippen LogP contribution in [0.2, 0.25) is 0 Å². The number of hydrogen-bond donors (Lipinski definition) is 0. The van der Waals surface area contributed by atoms with E-state index in [1.54, 1.807) is 0 Å². The lowest BCUT2D eigenvalue weighted by atomic mass is 9.81. The van der Waals surface area contributed by atoms with Gasteiger partial charge in [-0.3, -0.25) is 0 Å². The lowest BCUT2D eigenvalue weighted by Crippen LogP contribution is -1.38. The van der Waals surface area contributed by atoms with Gasteiger partial charge < -0.3 is 0 Å². The van der Waals surface area contributed by atoms with Gasteiger partial charge in [0.1, 0.15) is 0 Å². The molecule has 0 aromatic rings. The topological polar surface area (TPSA) is 0 Å². The summed E-state index contributed by atoms with van der Waals surface area (Å²) in [6.45, 7) is 0. The summed E-state index contributed by atoms with van der Waals surface area (Å²) in [5.41, 5.74) is 0. The van der Waals surface area contributed by atoms with Crippen LogP contribution in [0.15, 0.2) is 0 Å². The van der Waals surface area contributed by atoms with Crippen molar-refractivity contribution in [1.82, 2.24) is 0 Å². The summed E-state index contributed by atoms with van der Waals surface area (Å²) in [4.78, 5) is 0. The van der Waals surface area contributed by atoms with Crippen molar-refractivity contribution in [3.63, 3.8) is 0 Å². The fourth-order valence-corrected chi connectivity index (χ4v) is 0. The number of rotatable bonds is 0. The smallest absolute Gasteiger partial charge is 0 e. The predicted molar refractivity (Wildman–Crippen MR) is 40.5 cm³/mol. The van der Waals surface area contributed by atoms with Crippen LogP contribution in [0.4, 0.5) is 0 Å². The molecule has 0 fully saturated rings. The maximum absolute atomic E-state index is 4.00. The summed E-state index contributed by atoms with van der Waals surface area (Å²) >= 11 is 0. The van der Waals surface area contributed by atoms with Crippen molar-refractivity contribution < 1.29 is 0 Å². The molecule has 0 aliphatic carbocycles. The van der Waals surface area contributed by atoms with E-state index in [4.69, 9.17) is 0 Å². The zero-order valence-electron chi connectivity index (χ0n) is 2.79. The lowest BCUT2D eigenvalue weighted by molar-refractivity contribution is 4.75. The molecule has 0 N–H and O–H groups in total. The summed E-state index contributed by atoms with van der Waals surface area (Å²) in [7, 11) is 8.00. The Labute approximate surface area is 65.3 Å². The van der Waals surface area contributed by atoms with Crippen LogP contribution in [0, 0.1) is 0 Å². The molecule has 0 aliphatic heterocycles. The van der Waals surface area contributed by atoms with E-state index in [-0.39, 0.29) is 49.6 Å². The summed E-state index contributed by atoms with van der Waals surface area (Å²) in [6.07, 6.45) is 0. The summed E-state index contributed by atoms with van der Waals surface area (Å²) in [6, 6.07) is 0. The van der Waals surface area contributed by atoms with Crippen LogP contribution in [0.5, 0.6) is 0 Å². The quantitative estimate of drug-likeness (QED) is 0.471. The van der Waals surface area contributed by atoms with Gasteiger partial charge in [0.25, 0.3) is 0 Å². The Morgan fingerprint density at radius 1 is 0.500 bits per heavy atom. The van der Waals surface area contributed by atoms with Crippen molar-refractivity contribution in [3.05, 3.63) is 0 Å². The van der Waals surface area contributed by atoms with E-state index in [2.05, 4.69) is 15.5 Å². The van der Waals surface area contributed by atoms with Crippen LogP contribution in [-0.4, -0.2) is 15.5 Å². The molecule has 0 spiro atoms. The minimum atomic E-state index is 0. The molecule has 0 aromatic heterocycles. The molecule has 0 saturated heterocycles. The lowest BCUT2D eigenvalue weighted by Gasteiger charge is -1.00. The van der Waals surface area contributed by atoms with Gasteiger partial charge in [-0.25, -0.2) is 0 Å². The van der Waals surface area contributed by atoms with Crippen molar-refractivity contribution in [2.45, 2.75) is 0 Å². The van der Waals surface area contributed by atoms with E-state index in [9.17, 15) is 0 Å². The molecule has 6 heavy (non-hydrogen) atoms. The molecule has 0 aromatic carbocycles. The molecule has 0 saturated carbocycles. The van der Waals surface area contributed by atoms with Crippen molar-refractivity contribution in [2.75, 3.05) is 0 Å². The van der Waals surface area contributed by atoms with Crippen LogP contribution in [0.3, 0.4) is 0 Å². The van der Waals surface area contributed by atoms with Crippen LogP contribution in [0.1, 0.15) is 0 Å². The van der Waals surface area contributed by atoms with Crippen LogP contribution >= 0.6 is 49.6 Å². The SMILES string of the molecule is Cl.Cl.Cl.Cl.[B][B]. The van der Waals surface area contributed by atoms with Gasteiger partial charge in [-0.05, 0) is 0 Å². The normalized spacial score (nSPS) is 0.667. The van der Waals surface area contributed by atoms with Crippen molar-refractivity contribution in [2.24, 2.45) is 0 Å². The fraction of sp³-hybridized carbons (Fsp3) is 0. The van der Waals surface area contributed by atoms with Crippen LogP contribution < -0.4 is 0 Å². The Morgan fingerprint density at radius 2 is 0.500 bits per heavy atom. The molecular weight excluding hydrogens is 163 g/mol. The summed E-state index contributed by atoms with van der Waals surface area (Å²) in [5.74, 6) is 0. The molecule has 0 aliphatic rings. The van der Waals surface area contributed by atoms with E-state index < -0.39 is 0 Å². The highest BCUT2D eigenvalue weighted by molar-refractivity contribution is 6.75. The van der Waals surface area contributed by atoms with Crippen LogP contribution in [-0.2, 0) is 0 Å². The molecule has 0 nitrogen and oxygen atoms in total. The molecule has 6 heteroatoms. The maximum Gasteiger partial charge on any atom is 0 e. The molecular formula is H4B2Cl4. The number of hydrogen-bond acceptors (Lipinski definition) is 0. The van der Waals surface area contributed by atoms with E-state index >= 15 is 0 Å². The van der Waals surface area contributed by atoms with Gasteiger partial charge in [-0.2, -0.15) is 0 Å². The average molecular weight is 167 g/mol. The Balaban J connectivity index is -0.000000000833. The van der Waals surface area contributed by atoms with E-state index in [0.717, 1.165) is 0 Å². The largest absolute Gasteiger partial charge is 0.147 e. The molecule has 0 bridgehead atoms. The van der Waals surface area contributed by atoms with E-state index in [1.165, 1.54) is 0 Å². The predicted octanol–water partition coefficient (Wildman–Crippen LogP) is 0.926. The summed E-state index contributed by atoms with van der Waals surface area (Å²) in [5, 5.41) is 0. The van der Waals surface area contributed by atoms with Gasteiger partial charge in [-0.1, -0.05) is 0 Å². The first-order valence-electron chi connectivity index (χ1n) is 0.333. The van der Waals surface area contributed by atoms with Gasteiger partial charge in [-0.15, -0.1) is 49.6 Å². The average Bonchev–Trinajstić information content (AvgIpc) is 1.00. The molecule has 4 radical (unpaired) electrons. The molecule has 0 heterocycles. The third-order valence-electron chi connectivity index (χ3n) is 0. The third-order valence-corrected chi connectivity index (χ3v) is 0. The van der Waals surface area contributed by atoms with E-state index in [1.807, 2.05) is 0 Å². The Hall–Kier alpha value is 1.29. The Kier molecular flexibility index (Phi) is 970. The zero-order chi connectivity index (χ0) is 2.00. The van der Waals surface area contributed by atoms with Gasteiger partial charge in [0, 0.05) is 15.5 Å². The maximum atomic E-state index is 4.00. The van der Waals surface area contributed by atoms with Gasteiger partial charge in [0.05, 0.1) is 0 Å². The fourth-order valence-electron chi connectivity index (χ4n) is 0. The monoisotopic (exact) mass is 166 g/mol. The molecule has 38 valence electrons. The molecule has 0 unspecified atom stereocenters. The highest BCUT2D eigenvalue weighted by Gasteiger charge is 1.00. The first kappa shape index (κ1) is 55.0. The van der Waals surface area contributed by atoms with Gasteiger partial charge in [0.2, 0.25) is 0 Å². The minimum absolute atomic E-state index is 0. The highest BCUT2D eigenvalue weighted by atomic mass is 35.5. The first-order chi connectivity index (χ1) is 1.00. The van der Waals surface area contributed by atoms with Gasteiger partial charge >= 0.3 is 0 Å². The molecule has 0 amide bonds. The summed E-state index contributed by atoms with van der Waals surface area (Å²) < 4.78 is 0. The van der Waals surface area contributed by atoms with Gasteiger partial charge in [0.15, 0.2) is 0 Å². The Bertz CT molecular complexity index is 5.51. The first-order valence-corrected chi connectivity index (χ1v) is 0.333. The second-order valence-corrected chi connectivity index (χ2v) is 0. The van der Waals surface area contributed by atoms with Crippen molar-refractivity contribution in [1.29, 1.82) is 0 Å². The molecule has 0 atom stereocenters. The van der Waals surface area contributed by atoms with Crippen molar-refractivity contribution >= 4 is 65.1 Å². The zero-order valence-corrected chi connectivity index (χ0v) is 6.05. The van der Waals surface area contributed by atoms with Crippen molar-refractivity contribution in [3.8, 4) is 0 Å². The van der Waals surface area contributed by atoms with Crippen LogP contribution in [0.25, 0.3) is 0 Å². The minimum Gasteiger partial charge on any atom is -0.147 e. The van der Waals surface area contributed by atoms with E-state index in [0.29, 0.717) is 0 Å². The Morgan fingerprint density at radius 3 is 0.500 bits per heavy atom.